The van der Waals surface area contributed by atoms with E-state index < -0.39 is 5.97 Å². The van der Waals surface area contributed by atoms with Crippen molar-refractivity contribution >= 4 is 28.7 Å². The number of carboxylic acid groups (broad SMARTS) is 1. The highest BCUT2D eigenvalue weighted by Crippen LogP contribution is 2.24. The van der Waals surface area contributed by atoms with Gasteiger partial charge >= 0.3 is 0 Å². The Bertz CT molecular complexity index is 602. The molecule has 0 saturated carbocycles. The number of benzene rings is 1. The van der Waals surface area contributed by atoms with Gasteiger partial charge in [0, 0.05) is 16.9 Å². The van der Waals surface area contributed by atoms with E-state index in [-0.39, 0.29) is 5.76 Å². The summed E-state index contributed by atoms with van der Waals surface area (Å²) in [6, 6.07) is 7.46. The average molecular weight is 277 g/mol. The van der Waals surface area contributed by atoms with Crippen LogP contribution in [-0.2, 0) is 6.54 Å². The fraction of sp³-hybridized carbons (Fsp3) is 0.357. The summed E-state index contributed by atoms with van der Waals surface area (Å²) in [5, 5.41) is 12.1. The number of carboxylic acids is 1. The molecule has 19 heavy (non-hydrogen) atoms. The standard InChI is InChI=1S/C14H15NO3S/c16-14(17)13-11(9-15-5-7-19-8-6-15)10-3-1-2-4-12(10)18-13/h1-4H,5-9H2,(H,16,17). The maximum absolute atomic E-state index is 11.2. The van der Waals surface area contributed by atoms with E-state index in [0.717, 1.165) is 35.5 Å². The molecule has 1 N–H and O–H groups in total. The molecular weight excluding hydrogens is 262 g/mol. The number of rotatable bonds is 3. The van der Waals surface area contributed by atoms with E-state index in [2.05, 4.69) is 0 Å². The van der Waals surface area contributed by atoms with E-state index >= 15 is 0 Å². The number of hydrogen-bond acceptors (Lipinski definition) is 4. The third kappa shape index (κ3) is 2.48. The number of nitrogens with one attached hydrogen (secondary N) is 1. The highest BCUT2D eigenvalue weighted by atomic mass is 32.2. The van der Waals surface area contributed by atoms with Crippen molar-refractivity contribution in [1.29, 1.82) is 0 Å². The highest BCUT2D eigenvalue weighted by molar-refractivity contribution is 7.99. The van der Waals surface area contributed by atoms with Crippen LogP contribution in [0.3, 0.4) is 0 Å². The average Bonchev–Trinajstić information content (AvgIpc) is 2.79. The van der Waals surface area contributed by atoms with Crippen LogP contribution in [0.5, 0.6) is 0 Å². The molecular formula is C14H15NO3S. The summed E-state index contributed by atoms with van der Waals surface area (Å²) in [6.07, 6.45) is 0. The quantitative estimate of drug-likeness (QED) is 0.853. The van der Waals surface area contributed by atoms with Gasteiger partial charge in [-0.3, -0.25) is 0 Å². The van der Waals surface area contributed by atoms with Crippen LogP contribution in [0, 0.1) is 0 Å². The number of furan rings is 1. The van der Waals surface area contributed by atoms with E-state index in [1.165, 1.54) is 4.90 Å². The molecule has 0 atom stereocenters. The van der Waals surface area contributed by atoms with Crippen molar-refractivity contribution in [3.05, 3.63) is 35.6 Å². The maximum Gasteiger partial charge on any atom is 0.159 e. The van der Waals surface area contributed by atoms with E-state index in [0.29, 0.717) is 12.1 Å². The summed E-state index contributed by atoms with van der Waals surface area (Å²) in [6.45, 7) is 2.83. The SMILES string of the molecule is O=C([O-])c1oc2ccccc2c1C[NH+]1CCSCC1. The molecule has 1 aromatic carbocycles. The number of carbonyl (C=O) groups is 1. The van der Waals surface area contributed by atoms with Crippen molar-refractivity contribution in [2.75, 3.05) is 24.6 Å². The van der Waals surface area contributed by atoms with Crippen molar-refractivity contribution in [2.45, 2.75) is 6.54 Å². The Hall–Kier alpha value is -1.46. The predicted octanol–water partition coefficient (Wildman–Crippen LogP) is -0.0720. The zero-order chi connectivity index (χ0) is 13.2. The van der Waals surface area contributed by atoms with E-state index in [9.17, 15) is 9.90 Å². The van der Waals surface area contributed by atoms with Gasteiger partial charge in [-0.1, -0.05) is 18.2 Å². The molecule has 100 valence electrons. The Kier molecular flexibility index (Phi) is 3.48. The summed E-state index contributed by atoms with van der Waals surface area (Å²) >= 11 is 1.95. The minimum Gasteiger partial charge on any atom is -0.542 e. The van der Waals surface area contributed by atoms with Gasteiger partial charge in [0.25, 0.3) is 0 Å². The second kappa shape index (κ2) is 5.27. The van der Waals surface area contributed by atoms with Crippen LogP contribution in [0.25, 0.3) is 11.0 Å². The van der Waals surface area contributed by atoms with Gasteiger partial charge in [0.15, 0.2) is 5.76 Å². The molecule has 1 saturated heterocycles. The molecule has 0 spiro atoms. The number of quaternary nitrogens is 1. The minimum absolute atomic E-state index is 0.00748. The van der Waals surface area contributed by atoms with Gasteiger partial charge in [-0.2, -0.15) is 11.8 Å². The van der Waals surface area contributed by atoms with Crippen LogP contribution >= 0.6 is 11.8 Å². The van der Waals surface area contributed by atoms with Crippen LogP contribution in [0.1, 0.15) is 16.1 Å². The summed E-state index contributed by atoms with van der Waals surface area (Å²) < 4.78 is 5.42. The van der Waals surface area contributed by atoms with Crippen LogP contribution < -0.4 is 10.0 Å². The van der Waals surface area contributed by atoms with Gasteiger partial charge in [0.05, 0.1) is 18.7 Å². The van der Waals surface area contributed by atoms with Crippen LogP contribution in [0.15, 0.2) is 28.7 Å². The van der Waals surface area contributed by atoms with Crippen molar-refractivity contribution < 1.29 is 19.2 Å². The molecule has 0 amide bonds. The van der Waals surface area contributed by atoms with E-state index in [1.54, 1.807) is 6.07 Å². The fourth-order valence-electron chi connectivity index (χ4n) is 2.53. The van der Waals surface area contributed by atoms with Gasteiger partial charge in [-0.25, -0.2) is 0 Å². The third-order valence-electron chi connectivity index (χ3n) is 3.51. The molecule has 1 aliphatic rings. The molecule has 5 heteroatoms. The molecule has 0 radical (unpaired) electrons. The van der Waals surface area contributed by atoms with Crippen LogP contribution in [-0.4, -0.2) is 30.6 Å². The van der Waals surface area contributed by atoms with Crippen LogP contribution in [0.2, 0.25) is 0 Å². The van der Waals surface area contributed by atoms with E-state index in [4.69, 9.17) is 4.42 Å². The third-order valence-corrected chi connectivity index (χ3v) is 4.50. The molecule has 3 rings (SSSR count). The zero-order valence-corrected chi connectivity index (χ0v) is 11.3. The smallest absolute Gasteiger partial charge is 0.159 e. The lowest BCUT2D eigenvalue weighted by Gasteiger charge is -2.23. The summed E-state index contributed by atoms with van der Waals surface area (Å²) in [5.41, 5.74) is 1.40. The van der Waals surface area contributed by atoms with Gasteiger partial charge in [0.2, 0.25) is 0 Å². The highest BCUT2D eigenvalue weighted by Gasteiger charge is 2.21. The molecule has 2 heterocycles. The normalized spacial score (nSPS) is 16.8. The monoisotopic (exact) mass is 277 g/mol. The molecule has 1 aromatic heterocycles. The second-order valence-electron chi connectivity index (χ2n) is 4.73. The van der Waals surface area contributed by atoms with Gasteiger partial charge in [-0.05, 0) is 6.07 Å². The van der Waals surface area contributed by atoms with E-state index in [1.807, 2.05) is 30.0 Å². The van der Waals surface area contributed by atoms with Gasteiger partial charge in [0.1, 0.15) is 18.1 Å². The van der Waals surface area contributed by atoms with Crippen molar-refractivity contribution in [1.82, 2.24) is 0 Å². The molecule has 0 bridgehead atoms. The summed E-state index contributed by atoms with van der Waals surface area (Å²) in [5.74, 6) is 1.03. The minimum atomic E-state index is -1.23. The zero-order valence-electron chi connectivity index (χ0n) is 10.5. The Morgan fingerprint density at radius 1 is 1.32 bits per heavy atom. The first-order valence-corrected chi connectivity index (χ1v) is 7.54. The first-order valence-electron chi connectivity index (χ1n) is 6.39. The number of para-hydroxylation sites is 1. The predicted molar refractivity (Wildman–Crippen MR) is 72.3 cm³/mol. The van der Waals surface area contributed by atoms with Gasteiger partial charge < -0.3 is 19.2 Å². The number of fused-ring (bicyclic) bond motifs is 1. The number of hydrogen-bond donors (Lipinski definition) is 1. The lowest BCUT2D eigenvalue weighted by molar-refractivity contribution is -0.910. The summed E-state index contributed by atoms with van der Waals surface area (Å²) in [7, 11) is 0. The number of carbonyl (C=O) groups excluding carboxylic acids is 1. The number of aromatic carboxylic acids is 1. The first-order chi connectivity index (χ1) is 9.25. The molecule has 0 unspecified atom stereocenters. The Morgan fingerprint density at radius 3 is 2.79 bits per heavy atom. The lowest BCUT2D eigenvalue weighted by atomic mass is 10.1. The molecule has 1 fully saturated rings. The van der Waals surface area contributed by atoms with Gasteiger partial charge in [-0.15, -0.1) is 0 Å². The molecule has 0 aliphatic carbocycles. The van der Waals surface area contributed by atoms with Crippen molar-refractivity contribution in [3.63, 3.8) is 0 Å². The Morgan fingerprint density at radius 2 is 2.05 bits per heavy atom. The molecule has 4 nitrogen and oxygen atoms in total. The molecule has 1 aliphatic heterocycles. The lowest BCUT2D eigenvalue weighted by Crippen LogP contribution is -3.12. The first kappa shape index (κ1) is 12.6. The summed E-state index contributed by atoms with van der Waals surface area (Å²) in [4.78, 5) is 12.6. The second-order valence-corrected chi connectivity index (χ2v) is 5.96. The van der Waals surface area contributed by atoms with Crippen LogP contribution in [0.4, 0.5) is 0 Å². The largest absolute Gasteiger partial charge is 0.542 e. The molecule has 2 aromatic rings. The van der Waals surface area contributed by atoms with Crippen molar-refractivity contribution in [2.24, 2.45) is 0 Å². The van der Waals surface area contributed by atoms with Crippen molar-refractivity contribution in [3.8, 4) is 0 Å². The Labute approximate surface area is 115 Å². The number of thioether (sulfide) groups is 1. The Balaban J connectivity index is 1.99. The topological polar surface area (TPSA) is 57.7 Å². The fourth-order valence-corrected chi connectivity index (χ4v) is 3.60. The maximum atomic E-state index is 11.2.